The average molecular weight is 470 g/mol. The molecule has 0 unspecified atom stereocenters. The summed E-state index contributed by atoms with van der Waals surface area (Å²) in [6.45, 7) is 0.208. The third kappa shape index (κ3) is 6.15. The second-order valence-electron chi connectivity index (χ2n) is 7.87. The maximum atomic E-state index is 13.0. The first-order chi connectivity index (χ1) is 15.9. The van der Waals surface area contributed by atoms with E-state index >= 15 is 0 Å². The number of hydrogen-bond acceptors (Lipinski definition) is 5. The summed E-state index contributed by atoms with van der Waals surface area (Å²) in [6, 6.07) is 14.9. The molecule has 0 spiro atoms. The quantitative estimate of drug-likeness (QED) is 0.516. The fourth-order valence-corrected chi connectivity index (χ4v) is 4.97. The van der Waals surface area contributed by atoms with E-state index in [1.807, 2.05) is 0 Å². The second kappa shape index (κ2) is 10.1. The largest absolute Gasteiger partial charge is 0.439 e. The zero-order chi connectivity index (χ0) is 23.3. The molecule has 9 heteroatoms. The average Bonchev–Trinajstić information content (AvgIpc) is 3.32. The van der Waals surface area contributed by atoms with Gasteiger partial charge in [-0.1, -0.05) is 25.0 Å². The van der Waals surface area contributed by atoms with Gasteiger partial charge >= 0.3 is 0 Å². The summed E-state index contributed by atoms with van der Waals surface area (Å²) in [5.74, 6) is 0.0562. The van der Waals surface area contributed by atoms with Crippen LogP contribution in [0.1, 0.15) is 41.6 Å². The number of amides is 1. The van der Waals surface area contributed by atoms with Crippen LogP contribution in [0.25, 0.3) is 0 Å². The van der Waals surface area contributed by atoms with Gasteiger partial charge < -0.3 is 10.1 Å². The van der Waals surface area contributed by atoms with Gasteiger partial charge in [0.15, 0.2) is 0 Å². The molecular weight excluding hydrogens is 445 g/mol. The van der Waals surface area contributed by atoms with E-state index in [0.29, 0.717) is 11.6 Å². The molecule has 1 amide bonds. The summed E-state index contributed by atoms with van der Waals surface area (Å²) in [6.07, 6.45) is 5.27. The highest BCUT2D eigenvalue weighted by atomic mass is 32.2. The van der Waals surface area contributed by atoms with Crippen LogP contribution in [-0.2, 0) is 16.6 Å². The standard InChI is InChI=1S/C24H24FN3O4S/c25-19-9-11-21(12-10-19)32-23-13-8-17(15-26-23)16-27-24(29)18-4-3-7-22(14-18)33(30,31)28-20-5-1-2-6-20/h3-4,7-15,20,28H,1-2,5-6,16H2,(H,27,29). The molecule has 1 aliphatic rings. The van der Waals surface area contributed by atoms with Gasteiger partial charge in [-0.3, -0.25) is 4.79 Å². The third-order valence-corrected chi connectivity index (χ3v) is 6.89. The highest BCUT2D eigenvalue weighted by molar-refractivity contribution is 7.89. The Bertz CT molecular complexity index is 1210. The molecule has 0 atom stereocenters. The van der Waals surface area contributed by atoms with Crippen LogP contribution in [0.2, 0.25) is 0 Å². The third-order valence-electron chi connectivity index (χ3n) is 5.37. The van der Waals surface area contributed by atoms with Gasteiger partial charge in [0, 0.05) is 30.4 Å². The van der Waals surface area contributed by atoms with Crippen molar-refractivity contribution in [1.82, 2.24) is 15.0 Å². The van der Waals surface area contributed by atoms with Gasteiger partial charge in [0.05, 0.1) is 4.90 Å². The Labute approximate surface area is 192 Å². The topological polar surface area (TPSA) is 97.4 Å². The zero-order valence-corrected chi connectivity index (χ0v) is 18.6. The Balaban J connectivity index is 1.34. The predicted octanol–water partition coefficient (Wildman–Crippen LogP) is 4.16. The molecule has 0 bridgehead atoms. The minimum atomic E-state index is -3.67. The predicted molar refractivity (Wildman–Crippen MR) is 121 cm³/mol. The molecule has 2 aromatic carbocycles. The number of nitrogens with one attached hydrogen (secondary N) is 2. The van der Waals surface area contributed by atoms with Crippen LogP contribution in [0.5, 0.6) is 11.6 Å². The number of carbonyl (C=O) groups is 1. The lowest BCUT2D eigenvalue weighted by molar-refractivity contribution is 0.0950. The Morgan fingerprint density at radius 2 is 1.82 bits per heavy atom. The van der Waals surface area contributed by atoms with Gasteiger partial charge in [0.25, 0.3) is 5.91 Å². The lowest BCUT2D eigenvalue weighted by Crippen LogP contribution is -2.32. The van der Waals surface area contributed by atoms with E-state index in [1.54, 1.807) is 30.5 Å². The molecule has 1 saturated carbocycles. The van der Waals surface area contributed by atoms with E-state index in [9.17, 15) is 17.6 Å². The fraction of sp³-hybridized carbons (Fsp3) is 0.250. The van der Waals surface area contributed by atoms with Crippen LogP contribution in [-0.4, -0.2) is 25.4 Å². The van der Waals surface area contributed by atoms with E-state index in [4.69, 9.17) is 4.74 Å². The van der Waals surface area contributed by atoms with Crippen molar-refractivity contribution in [2.75, 3.05) is 0 Å². The second-order valence-corrected chi connectivity index (χ2v) is 9.59. The molecule has 7 nitrogen and oxygen atoms in total. The van der Waals surface area contributed by atoms with Crippen LogP contribution in [0.15, 0.2) is 71.8 Å². The summed E-state index contributed by atoms with van der Waals surface area (Å²) in [7, 11) is -3.67. The van der Waals surface area contributed by atoms with Crippen molar-refractivity contribution in [2.24, 2.45) is 0 Å². The smallest absolute Gasteiger partial charge is 0.251 e. The van der Waals surface area contributed by atoms with Crippen molar-refractivity contribution in [2.45, 2.75) is 43.2 Å². The molecule has 1 aromatic heterocycles. The summed E-state index contributed by atoms with van der Waals surface area (Å²) in [5, 5.41) is 2.77. The van der Waals surface area contributed by atoms with Gasteiger partial charge in [0.1, 0.15) is 11.6 Å². The van der Waals surface area contributed by atoms with Crippen molar-refractivity contribution in [3.8, 4) is 11.6 Å². The van der Waals surface area contributed by atoms with Crippen molar-refractivity contribution < 1.29 is 22.3 Å². The van der Waals surface area contributed by atoms with Gasteiger partial charge in [-0.05, 0) is 60.9 Å². The summed E-state index contributed by atoms with van der Waals surface area (Å²) in [5.41, 5.74) is 0.995. The lowest BCUT2D eigenvalue weighted by atomic mass is 10.2. The molecule has 3 aromatic rings. The number of rotatable bonds is 8. The molecular formula is C24H24FN3O4S. The molecule has 1 heterocycles. The Hall–Kier alpha value is -3.30. The number of benzene rings is 2. The number of pyridine rings is 1. The van der Waals surface area contributed by atoms with Gasteiger partial charge in [-0.25, -0.2) is 22.5 Å². The summed E-state index contributed by atoms with van der Waals surface area (Å²) in [4.78, 5) is 16.8. The minimum Gasteiger partial charge on any atom is -0.439 e. The molecule has 0 aliphatic heterocycles. The molecule has 1 aliphatic carbocycles. The van der Waals surface area contributed by atoms with Crippen LogP contribution in [0.4, 0.5) is 4.39 Å². The number of ether oxygens (including phenoxy) is 1. The van der Waals surface area contributed by atoms with E-state index in [0.717, 1.165) is 31.2 Å². The van der Waals surface area contributed by atoms with E-state index in [1.165, 1.54) is 36.4 Å². The van der Waals surface area contributed by atoms with Crippen LogP contribution >= 0.6 is 0 Å². The first kappa shape index (κ1) is 22.9. The van der Waals surface area contributed by atoms with Crippen LogP contribution in [0, 0.1) is 5.82 Å². The molecule has 0 saturated heterocycles. The maximum Gasteiger partial charge on any atom is 0.251 e. The first-order valence-corrected chi connectivity index (χ1v) is 12.2. The number of carbonyl (C=O) groups excluding carboxylic acids is 1. The molecule has 1 fully saturated rings. The van der Waals surface area contributed by atoms with Crippen molar-refractivity contribution in [3.63, 3.8) is 0 Å². The molecule has 33 heavy (non-hydrogen) atoms. The molecule has 2 N–H and O–H groups in total. The highest BCUT2D eigenvalue weighted by Crippen LogP contribution is 2.21. The van der Waals surface area contributed by atoms with Crippen LogP contribution in [0.3, 0.4) is 0 Å². The first-order valence-electron chi connectivity index (χ1n) is 10.7. The van der Waals surface area contributed by atoms with Crippen molar-refractivity contribution >= 4 is 15.9 Å². The van der Waals surface area contributed by atoms with E-state index in [2.05, 4.69) is 15.0 Å². The summed E-state index contributed by atoms with van der Waals surface area (Å²) < 4.78 is 46.5. The van der Waals surface area contributed by atoms with Gasteiger partial charge in [-0.2, -0.15) is 0 Å². The number of sulfonamides is 1. The Morgan fingerprint density at radius 1 is 1.06 bits per heavy atom. The fourth-order valence-electron chi connectivity index (χ4n) is 3.62. The number of hydrogen-bond donors (Lipinski definition) is 2. The summed E-state index contributed by atoms with van der Waals surface area (Å²) >= 11 is 0. The van der Waals surface area contributed by atoms with Crippen molar-refractivity contribution in [1.29, 1.82) is 0 Å². The van der Waals surface area contributed by atoms with E-state index < -0.39 is 10.0 Å². The SMILES string of the molecule is O=C(NCc1ccc(Oc2ccc(F)cc2)nc1)c1cccc(S(=O)(=O)NC2CCCC2)c1. The Morgan fingerprint density at radius 3 is 2.52 bits per heavy atom. The molecule has 0 radical (unpaired) electrons. The zero-order valence-electron chi connectivity index (χ0n) is 17.8. The van der Waals surface area contributed by atoms with Crippen LogP contribution < -0.4 is 14.8 Å². The monoisotopic (exact) mass is 469 g/mol. The molecule has 4 rings (SSSR count). The highest BCUT2D eigenvalue weighted by Gasteiger charge is 2.23. The molecule has 172 valence electrons. The number of aromatic nitrogens is 1. The minimum absolute atomic E-state index is 0.0463. The number of halogens is 1. The number of nitrogens with zero attached hydrogens (tertiary/aromatic N) is 1. The Kier molecular flexibility index (Phi) is 7.00. The maximum absolute atomic E-state index is 13.0. The normalized spacial score (nSPS) is 14.2. The van der Waals surface area contributed by atoms with Gasteiger partial charge in [0.2, 0.25) is 15.9 Å². The van der Waals surface area contributed by atoms with E-state index in [-0.39, 0.29) is 34.8 Å². The van der Waals surface area contributed by atoms with Crippen molar-refractivity contribution in [3.05, 3.63) is 83.8 Å². The van der Waals surface area contributed by atoms with Gasteiger partial charge in [-0.15, -0.1) is 0 Å². The lowest BCUT2D eigenvalue weighted by Gasteiger charge is -2.13.